The molecule has 2 heterocycles. The average Bonchev–Trinajstić information content (AvgIpc) is 2.54. The van der Waals surface area contributed by atoms with E-state index in [-0.39, 0.29) is 16.6 Å². The third kappa shape index (κ3) is 3.09. The van der Waals surface area contributed by atoms with Crippen LogP contribution in [0.3, 0.4) is 0 Å². The number of hydrogen-bond acceptors (Lipinski definition) is 4. The van der Waals surface area contributed by atoms with E-state index >= 15 is 0 Å². The van der Waals surface area contributed by atoms with E-state index in [9.17, 15) is 18.0 Å². The molecule has 2 radical (unpaired) electrons. The van der Waals surface area contributed by atoms with Crippen molar-refractivity contribution in [3.63, 3.8) is 0 Å². The van der Waals surface area contributed by atoms with Gasteiger partial charge in [-0.05, 0) is 24.6 Å². The number of benzene rings is 1. The van der Waals surface area contributed by atoms with E-state index in [0.29, 0.717) is 16.7 Å². The standard InChI is InChI=1S/C16H12BF3N4O/c1-8-10(17)4-3-5-11(8)22-14-13-9(7-21-24(2)15(13)25)6-12(23-14)16(18,19)20/h3-7H,1-2H3,(H,22,23). The molecule has 0 aliphatic rings. The molecule has 0 amide bonds. The number of aryl methyl sites for hydroxylation is 1. The molecule has 0 unspecified atom stereocenters. The second kappa shape index (κ2) is 5.91. The number of nitrogens with zero attached hydrogens (tertiary/aromatic N) is 3. The summed E-state index contributed by atoms with van der Waals surface area (Å²) in [5, 5.41) is 6.65. The van der Waals surface area contributed by atoms with Crippen LogP contribution in [0.4, 0.5) is 24.7 Å². The lowest BCUT2D eigenvalue weighted by Gasteiger charge is -2.15. The van der Waals surface area contributed by atoms with E-state index in [2.05, 4.69) is 15.4 Å². The molecule has 0 atom stereocenters. The third-order valence-corrected chi connectivity index (χ3v) is 3.85. The Morgan fingerprint density at radius 2 is 2.00 bits per heavy atom. The quantitative estimate of drug-likeness (QED) is 0.724. The van der Waals surface area contributed by atoms with E-state index in [4.69, 9.17) is 7.85 Å². The van der Waals surface area contributed by atoms with Gasteiger partial charge in [-0.2, -0.15) is 18.3 Å². The van der Waals surface area contributed by atoms with Gasteiger partial charge >= 0.3 is 6.18 Å². The number of pyridine rings is 1. The lowest BCUT2D eigenvalue weighted by atomic mass is 9.90. The molecule has 2 aromatic heterocycles. The normalized spacial score (nSPS) is 11.7. The topological polar surface area (TPSA) is 59.8 Å². The predicted octanol–water partition coefficient (Wildman–Crippen LogP) is 2.19. The van der Waals surface area contributed by atoms with Gasteiger partial charge in [0.1, 0.15) is 19.4 Å². The van der Waals surface area contributed by atoms with Crippen molar-refractivity contribution in [2.45, 2.75) is 13.1 Å². The molecule has 1 N–H and O–H groups in total. The Bertz CT molecular complexity index is 1030. The maximum Gasteiger partial charge on any atom is 0.433 e. The fourth-order valence-electron chi connectivity index (χ4n) is 2.41. The zero-order valence-electron chi connectivity index (χ0n) is 13.3. The van der Waals surface area contributed by atoms with E-state index in [1.54, 1.807) is 25.1 Å². The van der Waals surface area contributed by atoms with Gasteiger partial charge in [0.15, 0.2) is 0 Å². The minimum Gasteiger partial charge on any atom is -0.339 e. The van der Waals surface area contributed by atoms with Crippen LogP contribution in [0.25, 0.3) is 10.8 Å². The maximum atomic E-state index is 13.1. The number of hydrogen-bond donors (Lipinski definition) is 1. The molecule has 9 heteroatoms. The number of aromatic nitrogens is 3. The Labute approximate surface area is 141 Å². The highest BCUT2D eigenvalue weighted by Gasteiger charge is 2.34. The summed E-state index contributed by atoms with van der Waals surface area (Å²) < 4.78 is 40.5. The number of rotatable bonds is 2. The van der Waals surface area contributed by atoms with Crippen LogP contribution in [0.15, 0.2) is 35.3 Å². The molecule has 0 fully saturated rings. The van der Waals surface area contributed by atoms with E-state index < -0.39 is 17.4 Å². The maximum absolute atomic E-state index is 13.1. The van der Waals surface area contributed by atoms with Crippen molar-refractivity contribution in [1.82, 2.24) is 14.8 Å². The molecule has 0 saturated heterocycles. The first-order valence-electron chi connectivity index (χ1n) is 7.25. The van der Waals surface area contributed by atoms with Crippen molar-refractivity contribution in [2.75, 3.05) is 5.32 Å². The van der Waals surface area contributed by atoms with Crippen LogP contribution >= 0.6 is 0 Å². The molecule has 0 aliphatic carbocycles. The minimum atomic E-state index is -4.66. The molecule has 0 bridgehead atoms. The number of fused-ring (bicyclic) bond motifs is 1. The molecular formula is C16H12BF3N4O. The fourth-order valence-corrected chi connectivity index (χ4v) is 2.41. The molecule has 126 valence electrons. The lowest BCUT2D eigenvalue weighted by molar-refractivity contribution is -0.140. The van der Waals surface area contributed by atoms with Gasteiger partial charge < -0.3 is 5.32 Å². The summed E-state index contributed by atoms with van der Waals surface area (Å²) in [5.41, 5.74) is -0.0922. The number of alkyl halides is 3. The van der Waals surface area contributed by atoms with Gasteiger partial charge in [0.05, 0.1) is 11.6 Å². The molecule has 0 aliphatic heterocycles. The second-order valence-electron chi connectivity index (χ2n) is 5.54. The number of halogens is 3. The van der Waals surface area contributed by atoms with E-state index in [1.165, 1.54) is 13.2 Å². The first-order chi connectivity index (χ1) is 11.7. The Morgan fingerprint density at radius 1 is 1.28 bits per heavy atom. The lowest BCUT2D eigenvalue weighted by Crippen LogP contribution is -2.22. The monoisotopic (exact) mass is 344 g/mol. The number of anilines is 2. The van der Waals surface area contributed by atoms with Crippen molar-refractivity contribution < 1.29 is 13.2 Å². The van der Waals surface area contributed by atoms with Gasteiger partial charge in [-0.1, -0.05) is 17.6 Å². The minimum absolute atomic E-state index is 0.0207. The summed E-state index contributed by atoms with van der Waals surface area (Å²) >= 11 is 0. The smallest absolute Gasteiger partial charge is 0.339 e. The van der Waals surface area contributed by atoms with Gasteiger partial charge in [0.2, 0.25) is 0 Å². The Kier molecular flexibility index (Phi) is 4.02. The number of nitrogens with one attached hydrogen (secondary N) is 1. The molecule has 1 aromatic carbocycles. The van der Waals surface area contributed by atoms with Crippen LogP contribution in [-0.4, -0.2) is 22.6 Å². The molecular weight excluding hydrogens is 332 g/mol. The molecule has 3 rings (SSSR count). The molecule has 0 spiro atoms. The third-order valence-electron chi connectivity index (χ3n) is 3.85. The highest BCUT2D eigenvalue weighted by molar-refractivity contribution is 6.33. The summed E-state index contributed by atoms with van der Waals surface area (Å²) in [4.78, 5) is 16.0. The SMILES string of the molecule is [B]c1cccc(Nc2nc(C(F)(F)F)cc3cnn(C)c(=O)c23)c1C. The summed E-state index contributed by atoms with van der Waals surface area (Å²) in [5.74, 6) is -0.193. The zero-order chi connectivity index (χ0) is 18.4. The van der Waals surface area contributed by atoms with Crippen LogP contribution in [0.5, 0.6) is 0 Å². The van der Waals surface area contributed by atoms with Crippen LogP contribution in [0, 0.1) is 6.92 Å². The van der Waals surface area contributed by atoms with Crippen LogP contribution in [-0.2, 0) is 13.2 Å². The van der Waals surface area contributed by atoms with Gasteiger partial charge in [-0.25, -0.2) is 9.67 Å². The molecule has 3 aromatic rings. The summed E-state index contributed by atoms with van der Waals surface area (Å²) in [6.07, 6.45) is -3.46. The highest BCUT2D eigenvalue weighted by atomic mass is 19.4. The van der Waals surface area contributed by atoms with Crippen LogP contribution < -0.4 is 16.3 Å². The van der Waals surface area contributed by atoms with Crippen molar-refractivity contribution in [3.8, 4) is 0 Å². The second-order valence-corrected chi connectivity index (χ2v) is 5.54. The van der Waals surface area contributed by atoms with Gasteiger partial charge in [0, 0.05) is 18.1 Å². The van der Waals surface area contributed by atoms with Crippen molar-refractivity contribution >= 4 is 35.6 Å². The summed E-state index contributed by atoms with van der Waals surface area (Å²) in [7, 11) is 7.24. The molecule has 0 saturated carbocycles. The zero-order valence-corrected chi connectivity index (χ0v) is 13.3. The summed E-state index contributed by atoms with van der Waals surface area (Å²) in [6, 6.07) is 5.77. The fraction of sp³-hybridized carbons (Fsp3) is 0.188. The average molecular weight is 344 g/mol. The van der Waals surface area contributed by atoms with Crippen LogP contribution in [0.1, 0.15) is 11.3 Å². The van der Waals surface area contributed by atoms with Gasteiger partial charge in [0.25, 0.3) is 5.56 Å². The Hall–Kier alpha value is -2.84. The molecule has 25 heavy (non-hydrogen) atoms. The van der Waals surface area contributed by atoms with E-state index in [0.717, 1.165) is 10.7 Å². The first kappa shape index (κ1) is 17.0. The van der Waals surface area contributed by atoms with Crippen molar-refractivity contribution in [2.24, 2.45) is 7.05 Å². The van der Waals surface area contributed by atoms with Crippen molar-refractivity contribution in [1.29, 1.82) is 0 Å². The highest BCUT2D eigenvalue weighted by Crippen LogP contribution is 2.32. The molecule has 5 nitrogen and oxygen atoms in total. The summed E-state index contributed by atoms with van der Waals surface area (Å²) in [6.45, 7) is 1.72. The first-order valence-corrected chi connectivity index (χ1v) is 7.25. The largest absolute Gasteiger partial charge is 0.433 e. The van der Waals surface area contributed by atoms with E-state index in [1.807, 2.05) is 0 Å². The van der Waals surface area contributed by atoms with Crippen molar-refractivity contribution in [3.05, 3.63) is 52.1 Å². The van der Waals surface area contributed by atoms with Gasteiger partial charge in [-0.15, -0.1) is 0 Å². The van der Waals surface area contributed by atoms with Crippen LogP contribution in [0.2, 0.25) is 0 Å². The Balaban J connectivity index is 2.29. The Morgan fingerprint density at radius 3 is 2.68 bits per heavy atom. The van der Waals surface area contributed by atoms with Gasteiger partial charge in [-0.3, -0.25) is 4.79 Å². The predicted molar refractivity (Wildman–Crippen MR) is 89.6 cm³/mol.